The maximum absolute atomic E-state index is 13.2. The van der Waals surface area contributed by atoms with Crippen molar-refractivity contribution in [3.63, 3.8) is 0 Å². The lowest BCUT2D eigenvalue weighted by atomic mass is 10.1. The van der Waals surface area contributed by atoms with Gasteiger partial charge in [-0.3, -0.25) is 19.3 Å². The third-order valence-electron chi connectivity index (χ3n) is 5.78. The van der Waals surface area contributed by atoms with Crippen LogP contribution in [0.3, 0.4) is 0 Å². The van der Waals surface area contributed by atoms with Crippen molar-refractivity contribution in [3.05, 3.63) is 93.2 Å². The van der Waals surface area contributed by atoms with Crippen LogP contribution in [0.5, 0.6) is 0 Å². The summed E-state index contributed by atoms with van der Waals surface area (Å²) < 4.78 is 0. The van der Waals surface area contributed by atoms with Crippen molar-refractivity contribution < 1.29 is 14.4 Å². The van der Waals surface area contributed by atoms with Gasteiger partial charge in [-0.15, -0.1) is 11.3 Å². The topological polar surface area (TPSA) is 57.7 Å². The van der Waals surface area contributed by atoms with Crippen LogP contribution >= 0.6 is 11.3 Å². The zero-order valence-electron chi connectivity index (χ0n) is 16.3. The number of carbonyl (C=O) groups excluding carboxylic acids is 3. The normalized spacial score (nSPS) is 18.2. The van der Waals surface area contributed by atoms with Gasteiger partial charge in [0.25, 0.3) is 17.7 Å². The Morgan fingerprint density at radius 1 is 0.967 bits per heavy atom. The minimum Gasteiger partial charge on any atom is -0.331 e. The first-order chi connectivity index (χ1) is 14.6. The number of rotatable bonds is 4. The van der Waals surface area contributed by atoms with Gasteiger partial charge in [0.05, 0.1) is 23.7 Å². The predicted molar refractivity (Wildman–Crippen MR) is 114 cm³/mol. The molecule has 0 aliphatic carbocycles. The molecule has 3 amide bonds. The maximum atomic E-state index is 13.2. The molecule has 0 N–H and O–H groups in total. The van der Waals surface area contributed by atoms with Crippen molar-refractivity contribution in [3.8, 4) is 0 Å². The molecule has 1 saturated heterocycles. The average Bonchev–Trinajstić information content (AvgIpc) is 3.51. The fraction of sp³-hybridized carbons (Fsp3) is 0.208. The Balaban J connectivity index is 1.37. The van der Waals surface area contributed by atoms with E-state index in [1.54, 1.807) is 47.7 Å². The molecule has 1 atom stereocenters. The summed E-state index contributed by atoms with van der Waals surface area (Å²) in [6.45, 7) is 0.895. The molecule has 2 aliphatic rings. The Kier molecular flexibility index (Phi) is 4.71. The summed E-state index contributed by atoms with van der Waals surface area (Å²) >= 11 is 1.68. The van der Waals surface area contributed by atoms with Gasteiger partial charge in [0, 0.05) is 17.0 Å². The molecule has 2 aromatic carbocycles. The second-order valence-corrected chi connectivity index (χ2v) is 8.59. The van der Waals surface area contributed by atoms with Gasteiger partial charge < -0.3 is 4.90 Å². The van der Waals surface area contributed by atoms with E-state index in [1.807, 2.05) is 28.5 Å². The van der Waals surface area contributed by atoms with E-state index < -0.39 is 0 Å². The standard InChI is InChI=1S/C24H20N2O3S/c27-22(25-12-4-10-20(25)21-11-5-13-30-21)17-7-3-6-16(14-17)15-26-23(28)18-8-1-2-9-19(18)24(26)29/h1-3,5-9,11,13-14,20H,4,10,12,15H2. The van der Waals surface area contributed by atoms with Gasteiger partial charge in [-0.25, -0.2) is 0 Å². The Bertz CT molecular complexity index is 1100. The second-order valence-electron chi connectivity index (χ2n) is 7.61. The number of benzene rings is 2. The molecule has 6 heteroatoms. The molecule has 1 unspecified atom stereocenters. The van der Waals surface area contributed by atoms with Crippen LogP contribution in [-0.4, -0.2) is 34.1 Å². The number of hydrogen-bond acceptors (Lipinski definition) is 4. The molecule has 0 bridgehead atoms. The summed E-state index contributed by atoms with van der Waals surface area (Å²) in [7, 11) is 0. The van der Waals surface area contributed by atoms with Crippen molar-refractivity contribution in [1.29, 1.82) is 0 Å². The minimum atomic E-state index is -0.287. The SMILES string of the molecule is O=C1c2ccccc2C(=O)N1Cc1cccc(C(=O)N2CCCC2c2cccs2)c1. The number of imide groups is 1. The molecule has 30 heavy (non-hydrogen) atoms. The van der Waals surface area contributed by atoms with Gasteiger partial charge in [-0.05, 0) is 54.1 Å². The van der Waals surface area contributed by atoms with Gasteiger partial charge in [0.2, 0.25) is 0 Å². The fourth-order valence-electron chi connectivity index (χ4n) is 4.32. The zero-order chi connectivity index (χ0) is 20.7. The van der Waals surface area contributed by atoms with E-state index in [9.17, 15) is 14.4 Å². The largest absolute Gasteiger partial charge is 0.331 e. The molecule has 1 aromatic heterocycles. The van der Waals surface area contributed by atoms with Crippen LogP contribution in [0.25, 0.3) is 0 Å². The van der Waals surface area contributed by atoms with E-state index >= 15 is 0 Å². The monoisotopic (exact) mass is 416 g/mol. The van der Waals surface area contributed by atoms with Crippen LogP contribution in [0.4, 0.5) is 0 Å². The number of carbonyl (C=O) groups is 3. The number of amides is 3. The highest BCUT2D eigenvalue weighted by Gasteiger charge is 2.35. The quantitative estimate of drug-likeness (QED) is 0.588. The molecule has 0 saturated carbocycles. The van der Waals surface area contributed by atoms with Crippen LogP contribution in [-0.2, 0) is 6.54 Å². The van der Waals surface area contributed by atoms with Gasteiger partial charge in [-0.1, -0.05) is 30.3 Å². The lowest BCUT2D eigenvalue weighted by Gasteiger charge is -2.24. The Morgan fingerprint density at radius 3 is 2.43 bits per heavy atom. The van der Waals surface area contributed by atoms with E-state index in [0.29, 0.717) is 16.7 Å². The first kappa shape index (κ1) is 18.8. The summed E-state index contributed by atoms with van der Waals surface area (Å²) in [6.07, 6.45) is 1.96. The Labute approximate surface area is 178 Å². The van der Waals surface area contributed by atoms with E-state index in [1.165, 1.54) is 9.78 Å². The molecule has 0 radical (unpaired) electrons. The Morgan fingerprint density at radius 2 is 1.73 bits per heavy atom. The van der Waals surface area contributed by atoms with Crippen LogP contribution in [0.15, 0.2) is 66.0 Å². The molecule has 2 aliphatic heterocycles. The van der Waals surface area contributed by atoms with Crippen molar-refractivity contribution in [2.45, 2.75) is 25.4 Å². The number of nitrogens with zero attached hydrogens (tertiary/aromatic N) is 2. The summed E-state index contributed by atoms with van der Waals surface area (Å²) in [5.74, 6) is -0.579. The van der Waals surface area contributed by atoms with E-state index in [-0.39, 0.29) is 30.3 Å². The van der Waals surface area contributed by atoms with Crippen LogP contribution in [0.2, 0.25) is 0 Å². The molecule has 3 heterocycles. The number of likely N-dealkylation sites (tertiary alicyclic amines) is 1. The third kappa shape index (κ3) is 3.13. The van der Waals surface area contributed by atoms with Crippen LogP contribution in [0, 0.1) is 0 Å². The van der Waals surface area contributed by atoms with Gasteiger partial charge in [-0.2, -0.15) is 0 Å². The molecule has 0 spiro atoms. The highest BCUT2D eigenvalue weighted by molar-refractivity contribution is 7.10. The maximum Gasteiger partial charge on any atom is 0.261 e. The first-order valence-electron chi connectivity index (χ1n) is 10.0. The predicted octanol–water partition coefficient (Wildman–Crippen LogP) is 4.52. The third-order valence-corrected chi connectivity index (χ3v) is 6.75. The molecular formula is C24H20N2O3S. The van der Waals surface area contributed by atoms with E-state index in [0.717, 1.165) is 24.9 Å². The Hall–Kier alpha value is -3.25. The van der Waals surface area contributed by atoms with E-state index in [4.69, 9.17) is 0 Å². The van der Waals surface area contributed by atoms with Gasteiger partial charge in [0.1, 0.15) is 0 Å². The molecule has 5 nitrogen and oxygen atoms in total. The molecule has 150 valence electrons. The highest BCUT2D eigenvalue weighted by atomic mass is 32.1. The summed E-state index contributed by atoms with van der Waals surface area (Å²) in [4.78, 5) is 42.9. The minimum absolute atomic E-state index is 0.00453. The lowest BCUT2D eigenvalue weighted by molar-refractivity contribution is 0.0642. The summed E-state index contributed by atoms with van der Waals surface area (Å²) in [5.41, 5.74) is 2.23. The summed E-state index contributed by atoms with van der Waals surface area (Å²) in [6, 6.07) is 18.4. The fourth-order valence-corrected chi connectivity index (χ4v) is 5.19. The number of hydrogen-bond donors (Lipinski definition) is 0. The van der Waals surface area contributed by atoms with Crippen molar-refractivity contribution in [2.75, 3.05) is 6.54 Å². The molecule has 3 aromatic rings. The number of fused-ring (bicyclic) bond motifs is 1. The van der Waals surface area contributed by atoms with E-state index in [2.05, 4.69) is 6.07 Å². The number of thiophene rings is 1. The van der Waals surface area contributed by atoms with Crippen LogP contribution < -0.4 is 0 Å². The van der Waals surface area contributed by atoms with Gasteiger partial charge >= 0.3 is 0 Å². The molecule has 5 rings (SSSR count). The van der Waals surface area contributed by atoms with Crippen molar-refractivity contribution >= 4 is 29.1 Å². The smallest absolute Gasteiger partial charge is 0.261 e. The average molecular weight is 417 g/mol. The second kappa shape index (κ2) is 7.54. The molecule has 1 fully saturated rings. The lowest BCUT2D eigenvalue weighted by Crippen LogP contribution is -2.31. The van der Waals surface area contributed by atoms with Crippen molar-refractivity contribution in [1.82, 2.24) is 9.80 Å². The zero-order valence-corrected chi connectivity index (χ0v) is 17.1. The molecular weight excluding hydrogens is 396 g/mol. The van der Waals surface area contributed by atoms with Crippen molar-refractivity contribution in [2.24, 2.45) is 0 Å². The highest BCUT2D eigenvalue weighted by Crippen LogP contribution is 2.35. The van der Waals surface area contributed by atoms with Crippen LogP contribution in [0.1, 0.15) is 60.4 Å². The van der Waals surface area contributed by atoms with Gasteiger partial charge in [0.15, 0.2) is 0 Å². The first-order valence-corrected chi connectivity index (χ1v) is 10.9. The summed E-state index contributed by atoms with van der Waals surface area (Å²) in [5, 5.41) is 2.04.